The highest BCUT2D eigenvalue weighted by Gasteiger charge is 2.24. The number of hydrogen-bond acceptors (Lipinski definition) is 5. The van der Waals surface area contributed by atoms with Gasteiger partial charge in [0.05, 0.1) is 5.56 Å². The Hall–Kier alpha value is -2.98. The van der Waals surface area contributed by atoms with E-state index in [1.54, 1.807) is 31.6 Å². The van der Waals surface area contributed by atoms with Crippen molar-refractivity contribution in [1.82, 2.24) is 13.9 Å². The first-order valence-corrected chi connectivity index (χ1v) is 7.58. The molecule has 0 amide bonds. The molecule has 7 heteroatoms. The molecule has 0 saturated carbocycles. The Bertz CT molecular complexity index is 919. The smallest absolute Gasteiger partial charge is 0.353 e. The zero-order valence-corrected chi connectivity index (χ0v) is 13.3. The minimum atomic E-state index is -1.06. The monoisotopic (exact) mass is 324 g/mol. The van der Waals surface area contributed by atoms with Crippen LogP contribution in [0.2, 0.25) is 0 Å². The van der Waals surface area contributed by atoms with Crippen LogP contribution >= 0.6 is 11.5 Å². The second-order valence-corrected chi connectivity index (χ2v) is 5.60. The second-order valence-electron chi connectivity index (χ2n) is 4.99. The molecule has 3 rings (SSSR count). The fourth-order valence-corrected chi connectivity index (χ4v) is 3.00. The van der Waals surface area contributed by atoms with Crippen LogP contribution in [0.3, 0.4) is 0 Å². The van der Waals surface area contributed by atoms with Gasteiger partial charge in [0.2, 0.25) is 0 Å². The average Bonchev–Trinajstić information content (AvgIpc) is 3.15. The van der Waals surface area contributed by atoms with E-state index in [1.807, 2.05) is 12.1 Å². The van der Waals surface area contributed by atoms with Crippen LogP contribution in [0.25, 0.3) is 22.5 Å². The number of rotatable bonds is 3. The van der Waals surface area contributed by atoms with Gasteiger partial charge in [-0.2, -0.15) is 9.64 Å². The van der Waals surface area contributed by atoms with Crippen molar-refractivity contribution in [3.05, 3.63) is 46.7 Å². The van der Waals surface area contributed by atoms with E-state index in [0.717, 1.165) is 5.56 Å². The number of carboxylic acids is 1. The van der Waals surface area contributed by atoms with Gasteiger partial charge in [-0.25, -0.2) is 9.78 Å². The van der Waals surface area contributed by atoms with Crippen LogP contribution in [-0.4, -0.2) is 25.0 Å². The molecule has 2 aromatic heterocycles. The van der Waals surface area contributed by atoms with Gasteiger partial charge in [0.1, 0.15) is 17.3 Å². The minimum Gasteiger partial charge on any atom is -0.477 e. The summed E-state index contributed by atoms with van der Waals surface area (Å²) in [4.78, 5) is 15.7. The van der Waals surface area contributed by atoms with Crippen LogP contribution in [0.15, 0.2) is 29.8 Å². The molecular formula is C16H12N4O2S. The van der Waals surface area contributed by atoms with E-state index in [4.69, 9.17) is 0 Å². The molecule has 0 aliphatic carbocycles. The molecule has 0 atom stereocenters. The molecule has 0 fully saturated rings. The second kappa shape index (κ2) is 5.66. The lowest BCUT2D eigenvalue weighted by molar-refractivity contribution is 0.0687. The standard InChI is InChI=1S/C16H12N4O2S/c1-9-12(7-17)13(14(16(21)22)20(9)2)10-3-5-11(6-4-10)15-18-8-23-19-15/h3-6,8H,1-2H3,(H,21,22). The number of nitrogens with zero attached hydrogens (tertiary/aromatic N) is 4. The highest BCUT2D eigenvalue weighted by Crippen LogP contribution is 2.33. The number of benzene rings is 1. The normalized spacial score (nSPS) is 10.5. The zero-order chi connectivity index (χ0) is 16.6. The Morgan fingerprint density at radius 1 is 1.30 bits per heavy atom. The maximum atomic E-state index is 11.6. The van der Waals surface area contributed by atoms with Crippen molar-refractivity contribution in [2.24, 2.45) is 7.05 Å². The molecule has 2 heterocycles. The Labute approximate surface area is 136 Å². The van der Waals surface area contributed by atoms with Gasteiger partial charge in [-0.1, -0.05) is 24.3 Å². The third-order valence-corrected chi connectivity index (χ3v) is 4.27. The zero-order valence-electron chi connectivity index (χ0n) is 12.4. The molecule has 23 heavy (non-hydrogen) atoms. The van der Waals surface area contributed by atoms with Gasteiger partial charge < -0.3 is 9.67 Å². The van der Waals surface area contributed by atoms with Gasteiger partial charge in [0, 0.05) is 23.9 Å². The van der Waals surface area contributed by atoms with E-state index in [9.17, 15) is 15.2 Å². The summed E-state index contributed by atoms with van der Waals surface area (Å²) in [5, 5.41) is 18.9. The predicted octanol–water partition coefficient (Wildman–Crippen LogP) is 3.09. The van der Waals surface area contributed by atoms with Crippen LogP contribution in [0.4, 0.5) is 0 Å². The molecule has 0 aliphatic heterocycles. The minimum absolute atomic E-state index is 0.110. The van der Waals surface area contributed by atoms with E-state index in [2.05, 4.69) is 15.4 Å². The van der Waals surface area contributed by atoms with Crippen molar-refractivity contribution in [3.8, 4) is 28.6 Å². The molecule has 6 nitrogen and oxygen atoms in total. The van der Waals surface area contributed by atoms with Crippen LogP contribution in [0, 0.1) is 18.3 Å². The summed E-state index contributed by atoms with van der Waals surface area (Å²) >= 11 is 1.27. The summed E-state index contributed by atoms with van der Waals surface area (Å²) in [6.07, 6.45) is 0. The molecule has 3 aromatic rings. The van der Waals surface area contributed by atoms with E-state index in [-0.39, 0.29) is 5.69 Å². The lowest BCUT2D eigenvalue weighted by atomic mass is 9.99. The summed E-state index contributed by atoms with van der Waals surface area (Å²) in [6.45, 7) is 1.74. The summed E-state index contributed by atoms with van der Waals surface area (Å²) in [6, 6.07) is 9.35. The third-order valence-electron chi connectivity index (χ3n) is 3.79. The van der Waals surface area contributed by atoms with Crippen molar-refractivity contribution in [2.45, 2.75) is 6.92 Å². The first kappa shape index (κ1) is 14.9. The van der Waals surface area contributed by atoms with Gasteiger partial charge in [0.25, 0.3) is 0 Å². The summed E-state index contributed by atoms with van der Waals surface area (Å²) in [5.41, 5.74) is 4.74. The number of nitriles is 1. The molecule has 0 saturated heterocycles. The fraction of sp³-hybridized carbons (Fsp3) is 0.125. The first-order chi connectivity index (χ1) is 11.0. The SMILES string of the molecule is Cc1c(C#N)c(-c2ccc(-c3ncsn3)cc2)c(C(=O)O)n1C. The van der Waals surface area contributed by atoms with Crippen molar-refractivity contribution in [3.63, 3.8) is 0 Å². The Morgan fingerprint density at radius 2 is 1.96 bits per heavy atom. The Balaban J connectivity index is 2.17. The molecule has 1 N–H and O–H groups in total. The largest absolute Gasteiger partial charge is 0.477 e. The highest BCUT2D eigenvalue weighted by molar-refractivity contribution is 7.03. The molecule has 0 aliphatic rings. The van der Waals surface area contributed by atoms with Crippen LogP contribution in [0.1, 0.15) is 21.7 Å². The average molecular weight is 324 g/mol. The topological polar surface area (TPSA) is 91.8 Å². The molecule has 1 aromatic carbocycles. The maximum absolute atomic E-state index is 11.6. The molecule has 0 unspecified atom stereocenters. The maximum Gasteiger partial charge on any atom is 0.353 e. The third kappa shape index (κ3) is 2.39. The lowest BCUT2D eigenvalue weighted by Gasteiger charge is -2.05. The summed E-state index contributed by atoms with van der Waals surface area (Å²) < 4.78 is 5.70. The van der Waals surface area contributed by atoms with E-state index in [0.29, 0.717) is 28.2 Å². The highest BCUT2D eigenvalue weighted by atomic mass is 32.1. The fourth-order valence-electron chi connectivity index (χ4n) is 2.55. The molecule has 0 bridgehead atoms. The predicted molar refractivity (Wildman–Crippen MR) is 86.2 cm³/mol. The molecule has 0 radical (unpaired) electrons. The van der Waals surface area contributed by atoms with Crippen molar-refractivity contribution < 1.29 is 9.90 Å². The molecular weight excluding hydrogens is 312 g/mol. The van der Waals surface area contributed by atoms with Crippen molar-refractivity contribution in [2.75, 3.05) is 0 Å². The summed E-state index contributed by atoms with van der Waals surface area (Å²) in [5.74, 6) is -0.429. The van der Waals surface area contributed by atoms with Crippen molar-refractivity contribution in [1.29, 1.82) is 5.26 Å². The van der Waals surface area contributed by atoms with E-state index >= 15 is 0 Å². The van der Waals surface area contributed by atoms with Crippen LogP contribution in [-0.2, 0) is 7.05 Å². The van der Waals surface area contributed by atoms with Crippen LogP contribution < -0.4 is 0 Å². The van der Waals surface area contributed by atoms with Gasteiger partial charge >= 0.3 is 5.97 Å². The van der Waals surface area contributed by atoms with E-state index < -0.39 is 5.97 Å². The number of carbonyl (C=O) groups is 1. The quantitative estimate of drug-likeness (QED) is 0.799. The molecule has 0 spiro atoms. The number of aromatic nitrogens is 3. The first-order valence-electron chi connectivity index (χ1n) is 6.74. The number of carboxylic acid groups (broad SMARTS) is 1. The van der Waals surface area contributed by atoms with Gasteiger partial charge in [-0.05, 0) is 24.0 Å². The molecule has 114 valence electrons. The Kier molecular flexibility index (Phi) is 3.68. The van der Waals surface area contributed by atoms with Gasteiger partial charge in [-0.15, -0.1) is 0 Å². The Morgan fingerprint density at radius 3 is 2.48 bits per heavy atom. The summed E-state index contributed by atoms with van der Waals surface area (Å²) in [7, 11) is 1.65. The number of hydrogen-bond donors (Lipinski definition) is 1. The van der Waals surface area contributed by atoms with Crippen LogP contribution in [0.5, 0.6) is 0 Å². The van der Waals surface area contributed by atoms with Gasteiger partial charge in [0.15, 0.2) is 5.82 Å². The lowest BCUT2D eigenvalue weighted by Crippen LogP contribution is -2.06. The van der Waals surface area contributed by atoms with Crippen molar-refractivity contribution >= 4 is 17.5 Å². The number of aromatic carboxylic acids is 1. The van der Waals surface area contributed by atoms with E-state index in [1.165, 1.54) is 16.1 Å². The van der Waals surface area contributed by atoms with Gasteiger partial charge in [-0.3, -0.25) is 0 Å².